The minimum Gasteiger partial charge on any atom is -0.309 e. The highest BCUT2D eigenvalue weighted by molar-refractivity contribution is 7.25. The van der Waals surface area contributed by atoms with Crippen LogP contribution in [-0.2, 0) is 0 Å². The van der Waals surface area contributed by atoms with Gasteiger partial charge in [-0.15, -0.1) is 11.3 Å². The highest BCUT2D eigenvalue weighted by atomic mass is 32.1. The maximum absolute atomic E-state index is 2.47. The minimum absolute atomic E-state index is 1.09. The summed E-state index contributed by atoms with van der Waals surface area (Å²) in [5.74, 6) is 0. The summed E-state index contributed by atoms with van der Waals surface area (Å²) in [4.78, 5) is 2.47. The molecule has 0 N–H and O–H groups in total. The van der Waals surface area contributed by atoms with Crippen LogP contribution in [0.25, 0.3) is 75.8 Å². The lowest BCUT2D eigenvalue weighted by atomic mass is 9.90. The van der Waals surface area contributed by atoms with Crippen molar-refractivity contribution in [3.63, 3.8) is 0 Å². The van der Waals surface area contributed by atoms with Crippen LogP contribution in [0.1, 0.15) is 0 Å². The molecule has 0 aliphatic heterocycles. The first kappa shape index (κ1) is 33.6. The third-order valence-electron chi connectivity index (χ3n) is 10.7. The van der Waals surface area contributed by atoms with Crippen molar-refractivity contribution in [2.24, 2.45) is 0 Å². The van der Waals surface area contributed by atoms with Crippen LogP contribution in [0.5, 0.6) is 0 Å². The van der Waals surface area contributed by atoms with Crippen LogP contribution in [0.15, 0.2) is 224 Å². The molecule has 2 heteroatoms. The number of benzene rings is 9. The molecule has 0 fully saturated rings. The van der Waals surface area contributed by atoms with E-state index in [1.807, 2.05) is 11.3 Å². The number of nitrogens with zero attached hydrogens (tertiary/aromatic N) is 1. The van der Waals surface area contributed by atoms with E-state index in [2.05, 4.69) is 229 Å². The highest BCUT2D eigenvalue weighted by Gasteiger charge is 2.24. The quantitative estimate of drug-likeness (QED) is 0.150. The van der Waals surface area contributed by atoms with E-state index in [4.69, 9.17) is 0 Å². The summed E-state index contributed by atoms with van der Waals surface area (Å²) in [7, 11) is 0. The molecule has 1 heterocycles. The Hall–Kier alpha value is -7.00. The average molecular weight is 732 g/mol. The number of thiophene rings is 1. The van der Waals surface area contributed by atoms with E-state index < -0.39 is 0 Å². The molecule has 0 aliphatic carbocycles. The van der Waals surface area contributed by atoms with Crippen molar-refractivity contribution >= 4 is 48.6 Å². The molecular formula is C54H37NS. The van der Waals surface area contributed by atoms with Crippen LogP contribution in [0.4, 0.5) is 17.1 Å². The molecule has 10 aromatic rings. The van der Waals surface area contributed by atoms with E-state index in [0.717, 1.165) is 22.6 Å². The van der Waals surface area contributed by atoms with Gasteiger partial charge in [-0.05, 0) is 87.0 Å². The molecule has 0 bridgehead atoms. The van der Waals surface area contributed by atoms with Gasteiger partial charge in [0, 0.05) is 37.0 Å². The largest absolute Gasteiger partial charge is 0.309 e. The maximum Gasteiger partial charge on any atom is 0.0546 e. The number of fused-ring (bicyclic) bond motifs is 3. The van der Waals surface area contributed by atoms with E-state index >= 15 is 0 Å². The Morgan fingerprint density at radius 1 is 0.286 bits per heavy atom. The van der Waals surface area contributed by atoms with Gasteiger partial charge in [0.1, 0.15) is 0 Å². The summed E-state index contributed by atoms with van der Waals surface area (Å²) in [6.45, 7) is 0. The van der Waals surface area contributed by atoms with Crippen molar-refractivity contribution in [2.75, 3.05) is 4.90 Å². The van der Waals surface area contributed by atoms with Gasteiger partial charge in [-0.3, -0.25) is 0 Å². The van der Waals surface area contributed by atoms with Crippen LogP contribution in [-0.4, -0.2) is 0 Å². The average Bonchev–Trinajstić information content (AvgIpc) is 3.66. The first-order chi connectivity index (χ1) is 27.8. The van der Waals surface area contributed by atoms with Crippen LogP contribution in [0.3, 0.4) is 0 Å². The Morgan fingerprint density at radius 2 is 0.804 bits per heavy atom. The molecule has 0 saturated carbocycles. The van der Waals surface area contributed by atoms with Gasteiger partial charge in [0.2, 0.25) is 0 Å². The Kier molecular flexibility index (Phi) is 8.79. The lowest BCUT2D eigenvalue weighted by Crippen LogP contribution is -2.13. The molecule has 0 saturated heterocycles. The molecule has 264 valence electrons. The molecule has 10 rings (SSSR count). The molecule has 0 unspecified atom stereocenters. The Labute approximate surface area is 332 Å². The fraction of sp³-hybridized carbons (Fsp3) is 0. The molecule has 1 nitrogen and oxygen atoms in total. The second kappa shape index (κ2) is 14.7. The molecule has 56 heavy (non-hydrogen) atoms. The van der Waals surface area contributed by atoms with Crippen molar-refractivity contribution in [1.82, 2.24) is 0 Å². The molecule has 0 radical (unpaired) electrons. The van der Waals surface area contributed by atoms with Crippen LogP contribution >= 0.6 is 11.3 Å². The van der Waals surface area contributed by atoms with Gasteiger partial charge < -0.3 is 4.90 Å². The minimum atomic E-state index is 1.09. The normalized spacial score (nSPS) is 11.2. The van der Waals surface area contributed by atoms with Gasteiger partial charge in [-0.1, -0.05) is 182 Å². The van der Waals surface area contributed by atoms with Gasteiger partial charge in [-0.25, -0.2) is 0 Å². The van der Waals surface area contributed by atoms with Crippen LogP contribution in [0, 0.1) is 0 Å². The third-order valence-corrected chi connectivity index (χ3v) is 11.8. The topological polar surface area (TPSA) is 3.24 Å². The molecular weight excluding hydrogens is 695 g/mol. The van der Waals surface area contributed by atoms with Crippen LogP contribution < -0.4 is 4.90 Å². The first-order valence-electron chi connectivity index (χ1n) is 19.1. The maximum atomic E-state index is 2.47. The SMILES string of the molecule is c1ccc(-c2ccc(N(c3ccc(-c4ccccc4)cc3-c3ccccc3)c3cccc(-c4ccccc4)c3-c3ccc4c(c3)sc3ccccc34)cc2)cc1. The Balaban J connectivity index is 1.26. The van der Waals surface area contributed by atoms with Gasteiger partial charge in [0.25, 0.3) is 0 Å². The summed E-state index contributed by atoms with van der Waals surface area (Å²) in [6, 6.07) is 81.5. The Morgan fingerprint density at radius 3 is 1.48 bits per heavy atom. The molecule has 0 amide bonds. The van der Waals surface area contributed by atoms with Crippen molar-refractivity contribution in [3.05, 3.63) is 224 Å². The number of rotatable bonds is 8. The summed E-state index contributed by atoms with van der Waals surface area (Å²) in [5, 5.41) is 2.60. The van der Waals surface area contributed by atoms with E-state index in [0.29, 0.717) is 0 Å². The van der Waals surface area contributed by atoms with Crippen molar-refractivity contribution in [1.29, 1.82) is 0 Å². The van der Waals surface area contributed by atoms with Gasteiger partial charge in [-0.2, -0.15) is 0 Å². The second-order valence-corrected chi connectivity index (χ2v) is 15.2. The standard InChI is InChI=1S/C54H37NS/c1-5-16-38(17-6-1)40-28-32-45(33-29-40)55(50-35-31-43(39-18-7-2-8-19-39)36-49(50)42-22-11-4-12-23-42)51-26-15-25-46(41-20-9-3-10-21-41)54(51)44-30-34-48-47-24-13-14-27-52(47)56-53(48)37-44/h1-37H. The fourth-order valence-electron chi connectivity index (χ4n) is 8.00. The summed E-state index contributed by atoms with van der Waals surface area (Å²) in [6.07, 6.45) is 0. The third kappa shape index (κ3) is 6.26. The summed E-state index contributed by atoms with van der Waals surface area (Å²) >= 11 is 1.86. The zero-order chi connectivity index (χ0) is 37.3. The number of hydrogen-bond donors (Lipinski definition) is 0. The van der Waals surface area contributed by atoms with Crippen molar-refractivity contribution in [3.8, 4) is 55.6 Å². The predicted octanol–water partition coefficient (Wildman–Crippen LogP) is 15.9. The lowest BCUT2D eigenvalue weighted by molar-refractivity contribution is 1.28. The van der Waals surface area contributed by atoms with E-state index in [1.165, 1.54) is 70.2 Å². The smallest absolute Gasteiger partial charge is 0.0546 e. The van der Waals surface area contributed by atoms with Gasteiger partial charge in [0.05, 0.1) is 11.4 Å². The molecule has 0 aliphatic rings. The molecule has 1 aromatic heterocycles. The van der Waals surface area contributed by atoms with E-state index in [-0.39, 0.29) is 0 Å². The monoisotopic (exact) mass is 731 g/mol. The number of hydrogen-bond acceptors (Lipinski definition) is 2. The molecule has 0 spiro atoms. The van der Waals surface area contributed by atoms with Gasteiger partial charge >= 0.3 is 0 Å². The number of anilines is 3. The molecule has 9 aromatic carbocycles. The van der Waals surface area contributed by atoms with Gasteiger partial charge in [0.15, 0.2) is 0 Å². The Bertz CT molecular complexity index is 2930. The van der Waals surface area contributed by atoms with Crippen LogP contribution in [0.2, 0.25) is 0 Å². The van der Waals surface area contributed by atoms with E-state index in [1.54, 1.807) is 0 Å². The van der Waals surface area contributed by atoms with E-state index in [9.17, 15) is 0 Å². The highest BCUT2D eigenvalue weighted by Crippen LogP contribution is 2.49. The zero-order valence-corrected chi connectivity index (χ0v) is 31.5. The zero-order valence-electron chi connectivity index (χ0n) is 30.7. The lowest BCUT2D eigenvalue weighted by Gasteiger charge is -2.31. The fourth-order valence-corrected chi connectivity index (χ4v) is 9.15. The van der Waals surface area contributed by atoms with Crippen molar-refractivity contribution < 1.29 is 0 Å². The predicted molar refractivity (Wildman–Crippen MR) is 241 cm³/mol. The summed E-state index contributed by atoms with van der Waals surface area (Å²) in [5.41, 5.74) is 15.2. The summed E-state index contributed by atoms with van der Waals surface area (Å²) < 4.78 is 2.59. The second-order valence-electron chi connectivity index (χ2n) is 14.1. The van der Waals surface area contributed by atoms with Crippen molar-refractivity contribution in [2.45, 2.75) is 0 Å². The molecule has 0 atom stereocenters. The first-order valence-corrected chi connectivity index (χ1v) is 19.9.